The lowest BCUT2D eigenvalue weighted by molar-refractivity contribution is 0.552. The lowest BCUT2D eigenvalue weighted by Gasteiger charge is -2.04. The SMILES string of the molecule is C#CCCCNCCc1ccc(S(=O)(=O)F)cc1. The highest BCUT2D eigenvalue weighted by Crippen LogP contribution is 2.13. The summed E-state index contributed by atoms with van der Waals surface area (Å²) in [6.45, 7) is 1.65. The fourth-order valence-corrected chi connectivity index (χ4v) is 1.95. The van der Waals surface area contributed by atoms with Crippen LogP contribution in [0, 0.1) is 12.3 Å². The number of benzene rings is 1. The molecule has 0 atom stereocenters. The van der Waals surface area contributed by atoms with Crippen LogP contribution in [0.5, 0.6) is 0 Å². The van der Waals surface area contributed by atoms with Crippen LogP contribution in [0.1, 0.15) is 18.4 Å². The summed E-state index contributed by atoms with van der Waals surface area (Å²) in [6.07, 6.45) is 7.59. The molecular weight excluding hydrogens is 253 g/mol. The first kappa shape index (κ1) is 14.7. The summed E-state index contributed by atoms with van der Waals surface area (Å²) in [5.74, 6) is 2.56. The first-order valence-corrected chi connectivity index (χ1v) is 7.10. The highest BCUT2D eigenvalue weighted by Gasteiger charge is 2.10. The molecule has 18 heavy (non-hydrogen) atoms. The molecule has 0 unspecified atom stereocenters. The van der Waals surface area contributed by atoms with Crippen molar-refractivity contribution >= 4 is 10.2 Å². The van der Waals surface area contributed by atoms with E-state index >= 15 is 0 Å². The maximum Gasteiger partial charge on any atom is 0.332 e. The monoisotopic (exact) mass is 269 g/mol. The van der Waals surface area contributed by atoms with Crippen molar-refractivity contribution in [2.24, 2.45) is 0 Å². The molecule has 0 aliphatic rings. The molecule has 0 radical (unpaired) electrons. The minimum atomic E-state index is -4.59. The van der Waals surface area contributed by atoms with E-state index in [1.54, 1.807) is 12.1 Å². The Kier molecular flexibility index (Phi) is 5.83. The largest absolute Gasteiger partial charge is 0.332 e. The Labute approximate surface area is 108 Å². The molecule has 0 aliphatic heterocycles. The van der Waals surface area contributed by atoms with Gasteiger partial charge in [0, 0.05) is 6.42 Å². The van der Waals surface area contributed by atoms with Crippen LogP contribution < -0.4 is 5.32 Å². The number of hydrogen-bond acceptors (Lipinski definition) is 3. The van der Waals surface area contributed by atoms with Gasteiger partial charge in [0.1, 0.15) is 0 Å². The van der Waals surface area contributed by atoms with Crippen LogP contribution in [0.2, 0.25) is 0 Å². The Morgan fingerprint density at radius 2 is 1.89 bits per heavy atom. The summed E-state index contributed by atoms with van der Waals surface area (Å²) < 4.78 is 33.8. The van der Waals surface area contributed by atoms with E-state index in [1.807, 2.05) is 0 Å². The first-order chi connectivity index (χ1) is 8.54. The minimum absolute atomic E-state index is 0.298. The molecule has 0 saturated heterocycles. The average molecular weight is 269 g/mol. The lowest BCUT2D eigenvalue weighted by atomic mass is 10.1. The van der Waals surface area contributed by atoms with E-state index in [0.29, 0.717) is 0 Å². The highest BCUT2D eigenvalue weighted by molar-refractivity contribution is 7.86. The zero-order valence-corrected chi connectivity index (χ0v) is 10.8. The van der Waals surface area contributed by atoms with Crippen LogP contribution in [0.3, 0.4) is 0 Å². The second kappa shape index (κ2) is 7.14. The molecule has 1 aromatic rings. The summed E-state index contributed by atoms with van der Waals surface area (Å²) in [4.78, 5) is -0.298. The third-order valence-corrected chi connectivity index (χ3v) is 3.31. The highest BCUT2D eigenvalue weighted by atomic mass is 32.3. The van der Waals surface area contributed by atoms with E-state index in [9.17, 15) is 12.3 Å². The van der Waals surface area contributed by atoms with Crippen molar-refractivity contribution in [2.45, 2.75) is 24.2 Å². The Balaban J connectivity index is 2.34. The van der Waals surface area contributed by atoms with Gasteiger partial charge >= 0.3 is 10.2 Å². The van der Waals surface area contributed by atoms with Gasteiger partial charge in [0.2, 0.25) is 0 Å². The zero-order valence-electron chi connectivity index (χ0n) is 10.0. The molecular formula is C13H16FNO2S. The predicted molar refractivity (Wildman–Crippen MR) is 69.4 cm³/mol. The molecule has 0 aliphatic carbocycles. The van der Waals surface area contributed by atoms with Crippen molar-refractivity contribution in [3.63, 3.8) is 0 Å². The van der Waals surface area contributed by atoms with Gasteiger partial charge in [-0.15, -0.1) is 16.2 Å². The standard InChI is InChI=1S/C13H16FNO2S/c1-2-3-4-10-15-11-9-12-5-7-13(8-6-12)18(14,16)17/h1,5-8,15H,3-4,9-11H2. The van der Waals surface area contributed by atoms with Crippen LogP contribution >= 0.6 is 0 Å². The summed E-state index contributed by atoms with van der Waals surface area (Å²) in [6, 6.07) is 5.80. The maximum atomic E-state index is 12.6. The predicted octanol–water partition coefficient (Wildman–Crippen LogP) is 1.89. The number of halogens is 1. The van der Waals surface area contributed by atoms with Crippen molar-refractivity contribution in [1.29, 1.82) is 0 Å². The summed E-state index contributed by atoms with van der Waals surface area (Å²) >= 11 is 0. The third kappa shape index (κ3) is 5.30. The number of unbranched alkanes of at least 4 members (excludes halogenated alkanes) is 1. The molecule has 1 rings (SSSR count). The Morgan fingerprint density at radius 1 is 1.22 bits per heavy atom. The topological polar surface area (TPSA) is 46.2 Å². The Bertz CT molecular complexity index is 503. The average Bonchev–Trinajstić information content (AvgIpc) is 2.33. The van der Waals surface area contributed by atoms with Crippen LogP contribution in [0.4, 0.5) is 3.89 Å². The second-order valence-electron chi connectivity index (χ2n) is 3.89. The smallest absolute Gasteiger partial charge is 0.316 e. The van der Waals surface area contributed by atoms with E-state index in [2.05, 4.69) is 11.2 Å². The van der Waals surface area contributed by atoms with Crippen molar-refractivity contribution in [1.82, 2.24) is 5.32 Å². The molecule has 1 aromatic carbocycles. The van der Waals surface area contributed by atoms with Gasteiger partial charge in [0.15, 0.2) is 0 Å². The lowest BCUT2D eigenvalue weighted by Crippen LogP contribution is -2.18. The Hall–Kier alpha value is -1.38. The van der Waals surface area contributed by atoms with Crippen molar-refractivity contribution in [3.8, 4) is 12.3 Å². The van der Waals surface area contributed by atoms with Gasteiger partial charge in [-0.05, 0) is 43.6 Å². The molecule has 0 spiro atoms. The minimum Gasteiger partial charge on any atom is -0.316 e. The quantitative estimate of drug-likeness (QED) is 0.467. The molecule has 0 heterocycles. The first-order valence-electron chi connectivity index (χ1n) is 5.72. The summed E-state index contributed by atoms with van der Waals surface area (Å²) in [7, 11) is -4.59. The summed E-state index contributed by atoms with van der Waals surface area (Å²) in [5.41, 5.74) is 0.965. The number of terminal acetylenes is 1. The molecule has 0 amide bonds. The molecule has 0 saturated carbocycles. The molecule has 5 heteroatoms. The van der Waals surface area contributed by atoms with Crippen LogP contribution in [0.25, 0.3) is 0 Å². The molecule has 3 nitrogen and oxygen atoms in total. The van der Waals surface area contributed by atoms with Crippen molar-refractivity contribution < 1.29 is 12.3 Å². The molecule has 0 fully saturated rings. The maximum absolute atomic E-state index is 12.6. The van der Waals surface area contributed by atoms with Crippen molar-refractivity contribution in [3.05, 3.63) is 29.8 Å². The van der Waals surface area contributed by atoms with Crippen LogP contribution in [0.15, 0.2) is 29.2 Å². The van der Waals surface area contributed by atoms with E-state index in [0.717, 1.165) is 37.9 Å². The van der Waals surface area contributed by atoms with Crippen LogP contribution in [-0.4, -0.2) is 21.5 Å². The fourth-order valence-electron chi connectivity index (χ4n) is 1.49. The number of hydrogen-bond donors (Lipinski definition) is 1. The van der Waals surface area contributed by atoms with Crippen molar-refractivity contribution in [2.75, 3.05) is 13.1 Å². The Morgan fingerprint density at radius 3 is 2.44 bits per heavy atom. The van der Waals surface area contributed by atoms with Gasteiger partial charge in [-0.3, -0.25) is 0 Å². The third-order valence-electron chi connectivity index (χ3n) is 2.47. The van der Waals surface area contributed by atoms with Gasteiger partial charge in [0.05, 0.1) is 4.90 Å². The fraction of sp³-hybridized carbons (Fsp3) is 0.385. The molecule has 98 valence electrons. The normalized spacial score (nSPS) is 11.1. The molecule has 0 aromatic heterocycles. The van der Waals surface area contributed by atoms with Gasteiger partial charge in [-0.1, -0.05) is 12.1 Å². The van der Waals surface area contributed by atoms with E-state index in [1.165, 1.54) is 12.1 Å². The molecule has 1 N–H and O–H groups in total. The number of rotatable bonds is 7. The van der Waals surface area contributed by atoms with Crippen LogP contribution in [-0.2, 0) is 16.6 Å². The van der Waals surface area contributed by atoms with Gasteiger partial charge < -0.3 is 5.32 Å². The second-order valence-corrected chi connectivity index (χ2v) is 5.24. The zero-order chi connectivity index (χ0) is 13.4. The number of nitrogens with one attached hydrogen (secondary N) is 1. The molecule has 0 bridgehead atoms. The van der Waals surface area contributed by atoms with E-state index in [4.69, 9.17) is 6.42 Å². The van der Waals surface area contributed by atoms with Gasteiger partial charge in [0.25, 0.3) is 0 Å². The summed E-state index contributed by atoms with van der Waals surface area (Å²) in [5, 5.41) is 3.23. The van der Waals surface area contributed by atoms with Gasteiger partial charge in [-0.25, -0.2) is 0 Å². The van der Waals surface area contributed by atoms with E-state index in [-0.39, 0.29) is 4.90 Å². The van der Waals surface area contributed by atoms with E-state index < -0.39 is 10.2 Å². The van der Waals surface area contributed by atoms with Gasteiger partial charge in [-0.2, -0.15) is 8.42 Å².